The number of carbonyl (C=O) groups is 1. The molecule has 1 saturated heterocycles. The van der Waals surface area contributed by atoms with Crippen molar-refractivity contribution in [3.05, 3.63) is 59.5 Å². The van der Waals surface area contributed by atoms with Crippen molar-refractivity contribution >= 4 is 11.6 Å². The number of aromatic nitrogens is 2. The number of hydrogen-bond donors (Lipinski definition) is 0. The largest absolute Gasteiger partial charge is 0.494 e. The maximum Gasteiger partial charge on any atom is 0.232 e. The monoisotopic (exact) mass is 377 g/mol. The lowest BCUT2D eigenvalue weighted by Crippen LogP contribution is -2.24. The molecular formula is C22H23N3O3. The summed E-state index contributed by atoms with van der Waals surface area (Å²) in [6.07, 6.45) is 0.363. The highest BCUT2D eigenvalue weighted by Crippen LogP contribution is 2.32. The average Bonchev–Trinajstić information content (AvgIpc) is 3.32. The van der Waals surface area contributed by atoms with Crippen LogP contribution in [0.4, 0.5) is 5.69 Å². The van der Waals surface area contributed by atoms with Crippen molar-refractivity contribution in [2.45, 2.75) is 33.1 Å². The van der Waals surface area contributed by atoms with Crippen LogP contribution in [0, 0.1) is 13.8 Å². The molecule has 0 N–H and O–H groups in total. The summed E-state index contributed by atoms with van der Waals surface area (Å²) in [4.78, 5) is 18.9. The molecule has 0 saturated carbocycles. The lowest BCUT2D eigenvalue weighted by atomic mass is 10.1. The van der Waals surface area contributed by atoms with Crippen molar-refractivity contribution in [2.75, 3.05) is 18.1 Å². The van der Waals surface area contributed by atoms with Gasteiger partial charge in [0.1, 0.15) is 5.75 Å². The maximum absolute atomic E-state index is 12.5. The van der Waals surface area contributed by atoms with E-state index in [9.17, 15) is 4.79 Å². The molecule has 1 unspecified atom stereocenters. The number of anilines is 1. The Balaban J connectivity index is 1.51. The Morgan fingerprint density at radius 2 is 1.93 bits per heavy atom. The van der Waals surface area contributed by atoms with E-state index in [0.717, 1.165) is 17.0 Å². The summed E-state index contributed by atoms with van der Waals surface area (Å²) < 4.78 is 11.0. The molecule has 0 bridgehead atoms. The number of nitrogens with zero attached hydrogens (tertiary/aromatic N) is 3. The summed E-state index contributed by atoms with van der Waals surface area (Å²) in [6, 6.07) is 13.7. The van der Waals surface area contributed by atoms with Crippen LogP contribution in [0.1, 0.15) is 36.3 Å². The minimum atomic E-state index is -0.105. The van der Waals surface area contributed by atoms with E-state index in [4.69, 9.17) is 9.26 Å². The van der Waals surface area contributed by atoms with Crippen LogP contribution in [-0.2, 0) is 4.79 Å². The standard InChI is InChI=1S/C22H23N3O3/c1-4-27-19-9-7-18(8-10-19)25-13-17(12-20(25)26)22-23-21(24-28-22)16-6-5-14(2)15(3)11-16/h5-11,17H,4,12-13H2,1-3H3. The van der Waals surface area contributed by atoms with E-state index < -0.39 is 0 Å². The number of amides is 1. The number of aryl methyl sites for hydroxylation is 2. The highest BCUT2D eigenvalue weighted by atomic mass is 16.5. The quantitative estimate of drug-likeness (QED) is 0.664. The van der Waals surface area contributed by atoms with Gasteiger partial charge in [0.2, 0.25) is 17.6 Å². The predicted molar refractivity (Wildman–Crippen MR) is 107 cm³/mol. The van der Waals surface area contributed by atoms with Crippen LogP contribution < -0.4 is 9.64 Å². The Bertz CT molecular complexity index is 995. The van der Waals surface area contributed by atoms with Gasteiger partial charge in [-0.15, -0.1) is 0 Å². The second-order valence-corrected chi connectivity index (χ2v) is 7.09. The zero-order valence-electron chi connectivity index (χ0n) is 16.3. The maximum atomic E-state index is 12.5. The molecule has 1 amide bonds. The van der Waals surface area contributed by atoms with Gasteiger partial charge in [0.15, 0.2) is 0 Å². The number of rotatable bonds is 5. The molecule has 28 heavy (non-hydrogen) atoms. The molecule has 1 fully saturated rings. The van der Waals surface area contributed by atoms with Crippen LogP contribution in [0.2, 0.25) is 0 Å². The fourth-order valence-corrected chi connectivity index (χ4v) is 3.41. The molecule has 144 valence electrons. The van der Waals surface area contributed by atoms with E-state index in [1.165, 1.54) is 11.1 Å². The molecule has 1 aliphatic rings. The Morgan fingerprint density at radius 3 is 2.64 bits per heavy atom. The van der Waals surface area contributed by atoms with E-state index in [-0.39, 0.29) is 11.8 Å². The fraction of sp³-hybridized carbons (Fsp3) is 0.318. The van der Waals surface area contributed by atoms with Crippen molar-refractivity contribution in [3.63, 3.8) is 0 Å². The zero-order chi connectivity index (χ0) is 19.7. The van der Waals surface area contributed by atoms with Gasteiger partial charge in [-0.3, -0.25) is 4.79 Å². The highest BCUT2D eigenvalue weighted by molar-refractivity contribution is 5.96. The SMILES string of the molecule is CCOc1ccc(N2CC(c3nc(-c4ccc(C)c(C)c4)no3)CC2=O)cc1. The first kappa shape index (κ1) is 18.2. The molecule has 2 heterocycles. The average molecular weight is 377 g/mol. The first-order chi connectivity index (χ1) is 13.5. The highest BCUT2D eigenvalue weighted by Gasteiger charge is 2.35. The molecule has 1 aliphatic heterocycles. The van der Waals surface area contributed by atoms with Gasteiger partial charge >= 0.3 is 0 Å². The van der Waals surface area contributed by atoms with Crippen LogP contribution in [0.3, 0.4) is 0 Å². The molecular weight excluding hydrogens is 354 g/mol. The lowest BCUT2D eigenvalue weighted by molar-refractivity contribution is -0.117. The Morgan fingerprint density at radius 1 is 1.14 bits per heavy atom. The summed E-state index contributed by atoms with van der Waals surface area (Å²) in [5.74, 6) is 1.82. The van der Waals surface area contributed by atoms with Crippen molar-refractivity contribution in [1.82, 2.24) is 10.1 Å². The first-order valence-electron chi connectivity index (χ1n) is 9.49. The Kier molecular flexibility index (Phi) is 4.86. The van der Waals surface area contributed by atoms with Gasteiger partial charge in [-0.25, -0.2) is 0 Å². The van der Waals surface area contributed by atoms with E-state index in [0.29, 0.717) is 31.3 Å². The molecule has 2 aromatic carbocycles. The van der Waals surface area contributed by atoms with Crippen molar-refractivity contribution in [2.24, 2.45) is 0 Å². The summed E-state index contributed by atoms with van der Waals surface area (Å²) >= 11 is 0. The number of benzene rings is 2. The van der Waals surface area contributed by atoms with Crippen molar-refractivity contribution in [1.29, 1.82) is 0 Å². The van der Waals surface area contributed by atoms with Gasteiger partial charge in [0.05, 0.1) is 12.5 Å². The minimum absolute atomic E-state index is 0.0556. The smallest absolute Gasteiger partial charge is 0.232 e. The minimum Gasteiger partial charge on any atom is -0.494 e. The second-order valence-electron chi connectivity index (χ2n) is 7.09. The van der Waals surface area contributed by atoms with Crippen LogP contribution in [0.5, 0.6) is 5.75 Å². The molecule has 6 nitrogen and oxygen atoms in total. The normalized spacial score (nSPS) is 16.6. The molecule has 6 heteroatoms. The summed E-state index contributed by atoms with van der Waals surface area (Å²) in [5.41, 5.74) is 4.18. The molecule has 0 spiro atoms. The Hall–Kier alpha value is -3.15. The molecule has 1 aromatic heterocycles. The number of hydrogen-bond acceptors (Lipinski definition) is 5. The summed E-state index contributed by atoms with van der Waals surface area (Å²) in [6.45, 7) is 7.22. The van der Waals surface area contributed by atoms with Gasteiger partial charge in [0, 0.05) is 24.2 Å². The predicted octanol–water partition coefficient (Wildman–Crippen LogP) is 4.27. The molecule has 1 atom stereocenters. The Labute approximate surface area is 164 Å². The topological polar surface area (TPSA) is 68.5 Å². The van der Waals surface area contributed by atoms with Crippen LogP contribution in [0.15, 0.2) is 47.0 Å². The third-order valence-electron chi connectivity index (χ3n) is 5.14. The van der Waals surface area contributed by atoms with Gasteiger partial charge in [0.25, 0.3) is 0 Å². The number of carbonyl (C=O) groups excluding carboxylic acids is 1. The van der Waals surface area contributed by atoms with E-state index >= 15 is 0 Å². The third kappa shape index (κ3) is 3.50. The number of ether oxygens (including phenoxy) is 1. The van der Waals surface area contributed by atoms with Crippen LogP contribution in [0.25, 0.3) is 11.4 Å². The van der Waals surface area contributed by atoms with E-state index in [1.54, 1.807) is 4.90 Å². The summed E-state index contributed by atoms with van der Waals surface area (Å²) in [5, 5.41) is 4.12. The van der Waals surface area contributed by atoms with Crippen molar-refractivity contribution in [3.8, 4) is 17.1 Å². The summed E-state index contributed by atoms with van der Waals surface area (Å²) in [7, 11) is 0. The lowest BCUT2D eigenvalue weighted by Gasteiger charge is -2.16. The first-order valence-corrected chi connectivity index (χ1v) is 9.49. The van der Waals surface area contributed by atoms with Gasteiger partial charge in [-0.05, 0) is 62.2 Å². The van der Waals surface area contributed by atoms with E-state index in [1.807, 2.05) is 43.3 Å². The third-order valence-corrected chi connectivity index (χ3v) is 5.14. The fourth-order valence-electron chi connectivity index (χ4n) is 3.41. The van der Waals surface area contributed by atoms with E-state index in [2.05, 4.69) is 30.1 Å². The van der Waals surface area contributed by atoms with Gasteiger partial charge in [-0.2, -0.15) is 4.98 Å². The van der Waals surface area contributed by atoms with Gasteiger partial charge < -0.3 is 14.2 Å². The van der Waals surface area contributed by atoms with Crippen LogP contribution in [-0.4, -0.2) is 29.2 Å². The van der Waals surface area contributed by atoms with Crippen molar-refractivity contribution < 1.29 is 14.1 Å². The molecule has 3 aromatic rings. The molecule has 4 rings (SSSR count). The second kappa shape index (κ2) is 7.46. The molecule has 0 aliphatic carbocycles. The zero-order valence-corrected chi connectivity index (χ0v) is 16.3. The van der Waals surface area contributed by atoms with Gasteiger partial charge in [-0.1, -0.05) is 17.3 Å². The van der Waals surface area contributed by atoms with Crippen LogP contribution >= 0.6 is 0 Å². The molecule has 0 radical (unpaired) electrons.